The Hall–Kier alpha value is -1.78. The van der Waals surface area contributed by atoms with Crippen LogP contribution in [-0.2, 0) is 11.3 Å². The molecule has 1 rings (SSSR count). The van der Waals surface area contributed by atoms with Crippen LogP contribution >= 0.6 is 0 Å². The normalized spacial score (nSPS) is 9.93. The molecule has 0 atom stereocenters. The molecule has 0 aliphatic rings. The van der Waals surface area contributed by atoms with Crippen molar-refractivity contribution in [2.75, 3.05) is 18.8 Å². The summed E-state index contributed by atoms with van der Waals surface area (Å²) < 4.78 is 1.53. The number of carbonyl (C=O) groups excluding carboxylic acids is 1. The molecule has 0 unspecified atom stereocenters. The third-order valence-electron chi connectivity index (χ3n) is 2.03. The van der Waals surface area contributed by atoms with E-state index in [-0.39, 0.29) is 12.5 Å². The number of anilines is 1. The molecule has 82 valence electrons. The molecule has 0 bridgehead atoms. The van der Waals surface area contributed by atoms with Crippen LogP contribution in [0, 0.1) is 0 Å². The molecule has 5 nitrogen and oxygen atoms in total. The Labute approximate surface area is 89.2 Å². The monoisotopic (exact) mass is 208 g/mol. The van der Waals surface area contributed by atoms with E-state index in [1.54, 1.807) is 17.2 Å². The molecule has 0 saturated heterocycles. The van der Waals surface area contributed by atoms with E-state index in [1.165, 1.54) is 10.9 Å². The van der Waals surface area contributed by atoms with E-state index >= 15 is 0 Å². The second-order valence-corrected chi connectivity index (χ2v) is 3.19. The van der Waals surface area contributed by atoms with Crippen molar-refractivity contribution in [3.8, 4) is 0 Å². The summed E-state index contributed by atoms with van der Waals surface area (Å²) in [7, 11) is 0. The molecule has 0 saturated carbocycles. The number of aromatic nitrogens is 2. The fourth-order valence-corrected chi connectivity index (χ4v) is 1.27. The third kappa shape index (κ3) is 3.12. The van der Waals surface area contributed by atoms with Crippen LogP contribution in [0.15, 0.2) is 25.0 Å². The first kappa shape index (κ1) is 11.3. The Morgan fingerprint density at radius 1 is 1.80 bits per heavy atom. The van der Waals surface area contributed by atoms with Crippen molar-refractivity contribution in [1.29, 1.82) is 0 Å². The van der Waals surface area contributed by atoms with Gasteiger partial charge in [-0.25, -0.2) is 0 Å². The van der Waals surface area contributed by atoms with Gasteiger partial charge in [0.15, 0.2) is 0 Å². The molecule has 0 aliphatic heterocycles. The SMILES string of the molecule is C=CCN(CC)C(=O)Cn1cc(N)cn1. The smallest absolute Gasteiger partial charge is 0.244 e. The molecule has 0 spiro atoms. The zero-order valence-corrected chi connectivity index (χ0v) is 8.89. The van der Waals surface area contributed by atoms with Gasteiger partial charge in [0.05, 0.1) is 11.9 Å². The van der Waals surface area contributed by atoms with E-state index in [4.69, 9.17) is 5.73 Å². The Bertz CT molecular complexity index is 345. The van der Waals surface area contributed by atoms with Crippen LogP contribution in [0.4, 0.5) is 5.69 Å². The first-order valence-corrected chi connectivity index (χ1v) is 4.84. The fraction of sp³-hybridized carbons (Fsp3) is 0.400. The first-order valence-electron chi connectivity index (χ1n) is 4.84. The number of nitrogen functional groups attached to an aromatic ring is 1. The van der Waals surface area contributed by atoms with Crippen molar-refractivity contribution in [3.05, 3.63) is 25.0 Å². The molecular weight excluding hydrogens is 192 g/mol. The number of carbonyl (C=O) groups is 1. The molecule has 15 heavy (non-hydrogen) atoms. The highest BCUT2D eigenvalue weighted by atomic mass is 16.2. The molecule has 0 fully saturated rings. The van der Waals surface area contributed by atoms with E-state index in [9.17, 15) is 4.79 Å². The number of hydrogen-bond acceptors (Lipinski definition) is 3. The van der Waals surface area contributed by atoms with Gasteiger partial charge in [0.2, 0.25) is 5.91 Å². The molecule has 1 aromatic rings. The largest absolute Gasteiger partial charge is 0.396 e. The van der Waals surface area contributed by atoms with Crippen LogP contribution < -0.4 is 5.73 Å². The van der Waals surface area contributed by atoms with Crippen molar-refractivity contribution < 1.29 is 4.79 Å². The van der Waals surface area contributed by atoms with Gasteiger partial charge in [0.25, 0.3) is 0 Å². The summed E-state index contributed by atoms with van der Waals surface area (Å²) in [5, 5.41) is 3.95. The van der Waals surface area contributed by atoms with Gasteiger partial charge in [-0.05, 0) is 6.92 Å². The van der Waals surface area contributed by atoms with Gasteiger partial charge >= 0.3 is 0 Å². The second-order valence-electron chi connectivity index (χ2n) is 3.19. The Balaban J connectivity index is 2.57. The number of nitrogens with zero attached hydrogens (tertiary/aromatic N) is 3. The molecule has 2 N–H and O–H groups in total. The maximum Gasteiger partial charge on any atom is 0.244 e. The highest BCUT2D eigenvalue weighted by Gasteiger charge is 2.10. The van der Waals surface area contributed by atoms with Crippen molar-refractivity contribution in [2.24, 2.45) is 0 Å². The van der Waals surface area contributed by atoms with E-state index in [0.29, 0.717) is 18.8 Å². The lowest BCUT2D eigenvalue weighted by Gasteiger charge is -2.18. The van der Waals surface area contributed by atoms with Gasteiger partial charge in [-0.3, -0.25) is 9.48 Å². The van der Waals surface area contributed by atoms with E-state index in [1.807, 2.05) is 6.92 Å². The Kier molecular flexibility index (Phi) is 3.91. The summed E-state index contributed by atoms with van der Waals surface area (Å²) in [5.41, 5.74) is 6.06. The standard InChI is InChI=1S/C10H16N4O/c1-3-5-13(4-2)10(15)8-14-7-9(11)6-12-14/h3,6-7H,1,4-5,8,11H2,2H3. The van der Waals surface area contributed by atoms with Gasteiger partial charge < -0.3 is 10.6 Å². The lowest BCUT2D eigenvalue weighted by molar-refractivity contribution is -0.131. The van der Waals surface area contributed by atoms with Gasteiger partial charge in [-0.2, -0.15) is 5.10 Å². The number of nitrogens with two attached hydrogens (primary N) is 1. The lowest BCUT2D eigenvalue weighted by Crippen LogP contribution is -2.33. The maximum atomic E-state index is 11.7. The predicted molar refractivity (Wildman–Crippen MR) is 59.1 cm³/mol. The summed E-state index contributed by atoms with van der Waals surface area (Å²) in [4.78, 5) is 13.4. The summed E-state index contributed by atoms with van der Waals surface area (Å²) in [6.45, 7) is 6.99. The van der Waals surface area contributed by atoms with Crippen LogP contribution in [0.2, 0.25) is 0 Å². The fourth-order valence-electron chi connectivity index (χ4n) is 1.27. The van der Waals surface area contributed by atoms with E-state index in [2.05, 4.69) is 11.7 Å². The molecule has 0 radical (unpaired) electrons. The van der Waals surface area contributed by atoms with E-state index in [0.717, 1.165) is 0 Å². The minimum absolute atomic E-state index is 0.0144. The van der Waals surface area contributed by atoms with Crippen molar-refractivity contribution in [2.45, 2.75) is 13.5 Å². The van der Waals surface area contributed by atoms with E-state index < -0.39 is 0 Å². The molecule has 1 aromatic heterocycles. The van der Waals surface area contributed by atoms with Crippen molar-refractivity contribution >= 4 is 11.6 Å². The Morgan fingerprint density at radius 3 is 3.00 bits per heavy atom. The van der Waals surface area contributed by atoms with Crippen LogP contribution in [0.25, 0.3) is 0 Å². The predicted octanol–water partition coefficient (Wildman–Crippen LogP) is 0.500. The quantitative estimate of drug-likeness (QED) is 0.717. The highest BCUT2D eigenvalue weighted by Crippen LogP contribution is 1.99. The van der Waals surface area contributed by atoms with Crippen molar-refractivity contribution in [1.82, 2.24) is 14.7 Å². The summed E-state index contributed by atoms with van der Waals surface area (Å²) in [5.74, 6) is 0.0144. The average molecular weight is 208 g/mol. The first-order chi connectivity index (χ1) is 7.17. The van der Waals surface area contributed by atoms with Crippen LogP contribution in [0.1, 0.15) is 6.92 Å². The lowest BCUT2D eigenvalue weighted by atomic mass is 10.4. The van der Waals surface area contributed by atoms with Gasteiger partial charge in [-0.15, -0.1) is 6.58 Å². The molecular formula is C10H16N4O. The molecule has 5 heteroatoms. The third-order valence-corrected chi connectivity index (χ3v) is 2.03. The zero-order valence-electron chi connectivity index (χ0n) is 8.89. The maximum absolute atomic E-state index is 11.7. The van der Waals surface area contributed by atoms with Crippen LogP contribution in [-0.4, -0.2) is 33.7 Å². The Morgan fingerprint density at radius 2 is 2.53 bits per heavy atom. The summed E-state index contributed by atoms with van der Waals surface area (Å²) in [6.07, 6.45) is 4.87. The molecule has 0 aliphatic carbocycles. The molecule has 0 aromatic carbocycles. The topological polar surface area (TPSA) is 64.2 Å². The number of rotatable bonds is 5. The molecule has 1 amide bonds. The number of likely N-dealkylation sites (N-methyl/N-ethyl adjacent to an activating group) is 1. The van der Waals surface area contributed by atoms with Gasteiger partial charge in [0, 0.05) is 19.3 Å². The summed E-state index contributed by atoms with van der Waals surface area (Å²) in [6, 6.07) is 0. The van der Waals surface area contributed by atoms with Crippen LogP contribution in [0.5, 0.6) is 0 Å². The number of amides is 1. The highest BCUT2D eigenvalue weighted by molar-refractivity contribution is 5.76. The average Bonchev–Trinajstić information content (AvgIpc) is 2.60. The van der Waals surface area contributed by atoms with Gasteiger partial charge in [0.1, 0.15) is 6.54 Å². The number of hydrogen-bond donors (Lipinski definition) is 1. The molecule has 1 heterocycles. The minimum Gasteiger partial charge on any atom is -0.396 e. The van der Waals surface area contributed by atoms with Gasteiger partial charge in [-0.1, -0.05) is 6.08 Å². The van der Waals surface area contributed by atoms with Crippen LogP contribution in [0.3, 0.4) is 0 Å². The summed E-state index contributed by atoms with van der Waals surface area (Å²) >= 11 is 0. The zero-order chi connectivity index (χ0) is 11.3. The minimum atomic E-state index is 0.0144. The second kappa shape index (κ2) is 5.19. The van der Waals surface area contributed by atoms with Crippen molar-refractivity contribution in [3.63, 3.8) is 0 Å².